The minimum absolute atomic E-state index is 0.209. The number of ether oxygens (including phenoxy) is 1. The van der Waals surface area contributed by atoms with Crippen LogP contribution in [0.5, 0.6) is 0 Å². The Morgan fingerprint density at radius 2 is 2.13 bits per heavy atom. The van der Waals surface area contributed by atoms with E-state index in [2.05, 4.69) is 63.3 Å². The molecule has 0 amide bonds. The minimum atomic E-state index is -0.342. The van der Waals surface area contributed by atoms with E-state index in [9.17, 15) is 9.90 Å². The van der Waals surface area contributed by atoms with Crippen molar-refractivity contribution in [1.82, 2.24) is 9.88 Å². The monoisotopic (exact) mass is 418 g/mol. The third kappa shape index (κ3) is 4.89. The Balaban J connectivity index is 1.50. The average molecular weight is 419 g/mol. The van der Waals surface area contributed by atoms with Crippen molar-refractivity contribution >= 4 is 22.9 Å². The van der Waals surface area contributed by atoms with E-state index in [1.54, 1.807) is 6.08 Å². The van der Waals surface area contributed by atoms with Gasteiger partial charge in [0.1, 0.15) is 0 Å². The van der Waals surface area contributed by atoms with Gasteiger partial charge in [-0.2, -0.15) is 0 Å². The number of H-pyrrole nitrogens is 1. The quantitative estimate of drug-likeness (QED) is 0.402. The second-order valence-corrected chi connectivity index (χ2v) is 8.09. The number of benzene rings is 2. The van der Waals surface area contributed by atoms with Gasteiger partial charge in [0.05, 0.1) is 7.11 Å². The zero-order chi connectivity index (χ0) is 21.6. The fraction of sp³-hybridized carbons (Fsp3) is 0.346. The molecule has 1 heterocycles. The first-order chi connectivity index (χ1) is 15.2. The lowest BCUT2D eigenvalue weighted by atomic mass is 10.0. The lowest BCUT2D eigenvalue weighted by Gasteiger charge is -2.29. The Kier molecular flexibility index (Phi) is 6.85. The number of hydrogen-bond acceptors (Lipinski definition) is 4. The minimum Gasteiger partial charge on any atom is -0.466 e. The molecular weight excluding hydrogens is 388 g/mol. The normalized spacial score (nSPS) is 15.8. The second kappa shape index (κ2) is 9.94. The van der Waals surface area contributed by atoms with Gasteiger partial charge < -0.3 is 14.8 Å². The van der Waals surface area contributed by atoms with Crippen molar-refractivity contribution in [3.63, 3.8) is 0 Å². The fourth-order valence-electron chi connectivity index (χ4n) is 4.63. The summed E-state index contributed by atoms with van der Waals surface area (Å²) < 4.78 is 4.68. The first-order valence-electron chi connectivity index (χ1n) is 11.0. The third-order valence-corrected chi connectivity index (χ3v) is 6.21. The molecule has 1 aliphatic carbocycles. The van der Waals surface area contributed by atoms with E-state index in [1.165, 1.54) is 40.8 Å². The van der Waals surface area contributed by atoms with Gasteiger partial charge in [-0.1, -0.05) is 36.4 Å². The van der Waals surface area contributed by atoms with E-state index >= 15 is 0 Å². The van der Waals surface area contributed by atoms with Crippen LogP contribution in [-0.4, -0.2) is 47.8 Å². The topological polar surface area (TPSA) is 65.6 Å². The van der Waals surface area contributed by atoms with Gasteiger partial charge in [-0.15, -0.1) is 0 Å². The van der Waals surface area contributed by atoms with Crippen LogP contribution >= 0.6 is 0 Å². The van der Waals surface area contributed by atoms with Crippen molar-refractivity contribution in [3.8, 4) is 0 Å². The average Bonchev–Trinajstić information content (AvgIpc) is 3.41. The highest BCUT2D eigenvalue weighted by Crippen LogP contribution is 2.37. The van der Waals surface area contributed by atoms with Crippen LogP contribution < -0.4 is 0 Å². The number of aliphatic hydroxyl groups excluding tert-OH is 1. The molecule has 1 unspecified atom stereocenters. The van der Waals surface area contributed by atoms with Crippen LogP contribution in [0.1, 0.15) is 41.1 Å². The van der Waals surface area contributed by atoms with E-state index in [0.717, 1.165) is 44.3 Å². The SMILES string of the molecule is COC(=O)C=Cc1ccc2c(c1)CCC2N(CCCO)CCc1c[nH]c2ccccc12. The van der Waals surface area contributed by atoms with Crippen LogP contribution in [0.15, 0.2) is 54.7 Å². The Labute approximate surface area is 183 Å². The van der Waals surface area contributed by atoms with E-state index in [0.29, 0.717) is 6.04 Å². The molecule has 0 radical (unpaired) electrons. The summed E-state index contributed by atoms with van der Waals surface area (Å²) in [5, 5.41) is 10.7. The number of rotatable bonds is 9. The molecule has 31 heavy (non-hydrogen) atoms. The number of nitrogens with one attached hydrogen (secondary N) is 1. The lowest BCUT2D eigenvalue weighted by molar-refractivity contribution is -0.134. The summed E-state index contributed by atoms with van der Waals surface area (Å²) in [5.41, 5.74) is 6.25. The summed E-state index contributed by atoms with van der Waals surface area (Å²) in [5.74, 6) is -0.342. The molecule has 0 spiro atoms. The number of fused-ring (bicyclic) bond motifs is 2. The fourth-order valence-corrected chi connectivity index (χ4v) is 4.63. The molecule has 1 atom stereocenters. The van der Waals surface area contributed by atoms with Gasteiger partial charge in [0.2, 0.25) is 0 Å². The van der Waals surface area contributed by atoms with E-state index < -0.39 is 0 Å². The third-order valence-electron chi connectivity index (χ3n) is 6.21. The van der Waals surface area contributed by atoms with Gasteiger partial charge in [-0.05, 0) is 60.1 Å². The van der Waals surface area contributed by atoms with Crippen LogP contribution in [-0.2, 0) is 22.4 Å². The van der Waals surface area contributed by atoms with Gasteiger partial charge in [-0.25, -0.2) is 4.79 Å². The Bertz CT molecular complexity index is 1070. The molecule has 1 aliphatic rings. The molecule has 0 saturated heterocycles. The molecule has 0 bridgehead atoms. The van der Waals surface area contributed by atoms with Gasteiger partial charge in [0.15, 0.2) is 0 Å². The summed E-state index contributed by atoms with van der Waals surface area (Å²) >= 11 is 0. The largest absolute Gasteiger partial charge is 0.466 e. The number of aromatic nitrogens is 1. The maximum atomic E-state index is 11.4. The number of carbonyl (C=O) groups is 1. The molecule has 5 nitrogen and oxygen atoms in total. The summed E-state index contributed by atoms with van der Waals surface area (Å²) in [6, 6.07) is 15.2. The van der Waals surface area contributed by atoms with Crippen LogP contribution in [0.4, 0.5) is 0 Å². The maximum Gasteiger partial charge on any atom is 0.330 e. The second-order valence-electron chi connectivity index (χ2n) is 8.09. The number of para-hydroxylation sites is 1. The molecule has 0 fully saturated rings. The van der Waals surface area contributed by atoms with Crippen molar-refractivity contribution in [1.29, 1.82) is 0 Å². The van der Waals surface area contributed by atoms with Crippen LogP contribution in [0.2, 0.25) is 0 Å². The van der Waals surface area contributed by atoms with Gasteiger partial charge in [-0.3, -0.25) is 4.90 Å². The van der Waals surface area contributed by atoms with Gasteiger partial charge >= 0.3 is 5.97 Å². The van der Waals surface area contributed by atoms with Crippen LogP contribution in [0.25, 0.3) is 17.0 Å². The highest BCUT2D eigenvalue weighted by Gasteiger charge is 2.27. The number of aromatic amines is 1. The van der Waals surface area contributed by atoms with Crippen molar-refractivity contribution < 1.29 is 14.6 Å². The molecule has 4 rings (SSSR count). The number of aryl methyl sites for hydroxylation is 1. The number of aliphatic hydroxyl groups is 1. The molecule has 3 aromatic rings. The molecule has 162 valence electrons. The molecule has 2 aromatic carbocycles. The van der Waals surface area contributed by atoms with E-state index in [1.807, 2.05) is 0 Å². The lowest BCUT2D eigenvalue weighted by Crippen LogP contribution is -2.31. The van der Waals surface area contributed by atoms with E-state index in [-0.39, 0.29) is 12.6 Å². The number of carbonyl (C=O) groups excluding carboxylic acids is 1. The first-order valence-corrected chi connectivity index (χ1v) is 11.0. The van der Waals surface area contributed by atoms with Crippen molar-refractivity contribution in [2.45, 2.75) is 31.7 Å². The van der Waals surface area contributed by atoms with Crippen LogP contribution in [0, 0.1) is 0 Å². The summed E-state index contributed by atoms with van der Waals surface area (Å²) in [4.78, 5) is 17.3. The Hall–Kier alpha value is -2.89. The first kappa shape index (κ1) is 21.3. The smallest absolute Gasteiger partial charge is 0.330 e. The van der Waals surface area contributed by atoms with Crippen molar-refractivity contribution in [2.75, 3.05) is 26.8 Å². The number of nitrogens with zero attached hydrogens (tertiary/aromatic N) is 1. The maximum absolute atomic E-state index is 11.4. The van der Waals surface area contributed by atoms with Crippen molar-refractivity contribution in [3.05, 3.63) is 77.0 Å². The number of esters is 1. The molecule has 0 aliphatic heterocycles. The van der Waals surface area contributed by atoms with Gasteiger partial charge in [0, 0.05) is 48.9 Å². The molecule has 1 aromatic heterocycles. The van der Waals surface area contributed by atoms with Crippen LogP contribution in [0.3, 0.4) is 0 Å². The molecule has 0 saturated carbocycles. The molecular formula is C26H30N2O3. The zero-order valence-electron chi connectivity index (χ0n) is 18.0. The number of methoxy groups -OCH3 is 1. The highest BCUT2D eigenvalue weighted by atomic mass is 16.5. The summed E-state index contributed by atoms with van der Waals surface area (Å²) in [6.07, 6.45) is 9.25. The van der Waals surface area contributed by atoms with E-state index in [4.69, 9.17) is 0 Å². The predicted octanol–water partition coefficient (Wildman–Crippen LogP) is 4.27. The van der Waals surface area contributed by atoms with Gasteiger partial charge in [0.25, 0.3) is 0 Å². The summed E-state index contributed by atoms with van der Waals surface area (Å²) in [7, 11) is 1.39. The zero-order valence-corrected chi connectivity index (χ0v) is 18.0. The highest BCUT2D eigenvalue weighted by molar-refractivity contribution is 5.87. The summed E-state index contributed by atoms with van der Waals surface area (Å²) in [6.45, 7) is 2.04. The van der Waals surface area contributed by atoms with Crippen molar-refractivity contribution in [2.24, 2.45) is 0 Å². The predicted molar refractivity (Wildman–Crippen MR) is 124 cm³/mol. The number of hydrogen-bond donors (Lipinski definition) is 2. The molecule has 2 N–H and O–H groups in total. The molecule has 5 heteroatoms. The standard InChI is InChI=1S/C26H30N2O3/c1-31-26(30)12-8-19-7-10-23-20(17-19)9-11-25(23)28(14-4-16-29)15-13-21-18-27-24-6-3-2-5-22(21)24/h2-3,5-8,10,12,17-18,25,27,29H,4,9,11,13-16H2,1H3. The Morgan fingerprint density at radius 3 is 2.97 bits per heavy atom. The Morgan fingerprint density at radius 1 is 1.26 bits per heavy atom.